The second kappa shape index (κ2) is 8.17. The number of hydrogen-bond acceptors (Lipinski definition) is 5. The van der Waals surface area contributed by atoms with Gasteiger partial charge in [-0.3, -0.25) is 23.6 Å². The van der Waals surface area contributed by atoms with Gasteiger partial charge in [-0.2, -0.15) is 0 Å². The van der Waals surface area contributed by atoms with E-state index in [0.29, 0.717) is 0 Å². The SMILES string of the molecule is O=C(OCc1ccccc1)N1[C@H](CO)C[C@H](CF)[C@H]1n1ccc(=O)[nH]c1=O. The summed E-state index contributed by atoms with van der Waals surface area (Å²) in [6.07, 6.45) is -0.383. The number of benzene rings is 1. The third kappa shape index (κ3) is 3.92. The average molecular weight is 377 g/mol. The van der Waals surface area contributed by atoms with Crippen LogP contribution >= 0.6 is 0 Å². The molecule has 0 unspecified atom stereocenters. The number of nitrogens with one attached hydrogen (secondary N) is 1. The van der Waals surface area contributed by atoms with E-state index in [1.54, 1.807) is 24.3 Å². The van der Waals surface area contributed by atoms with E-state index in [1.807, 2.05) is 6.07 Å². The van der Waals surface area contributed by atoms with Crippen molar-refractivity contribution in [2.45, 2.75) is 25.2 Å². The fourth-order valence-electron chi connectivity index (χ4n) is 3.38. The molecular formula is C18H20FN3O5. The van der Waals surface area contributed by atoms with Gasteiger partial charge in [0.1, 0.15) is 12.8 Å². The van der Waals surface area contributed by atoms with Gasteiger partial charge in [0.25, 0.3) is 5.56 Å². The largest absolute Gasteiger partial charge is 0.444 e. The third-order valence-corrected chi connectivity index (χ3v) is 4.64. The van der Waals surface area contributed by atoms with Crippen molar-refractivity contribution in [3.63, 3.8) is 0 Å². The van der Waals surface area contributed by atoms with Gasteiger partial charge in [-0.25, -0.2) is 9.59 Å². The molecule has 0 saturated carbocycles. The van der Waals surface area contributed by atoms with Gasteiger partial charge in [-0.05, 0) is 12.0 Å². The molecule has 8 nitrogen and oxygen atoms in total. The highest BCUT2D eigenvalue weighted by atomic mass is 19.1. The highest BCUT2D eigenvalue weighted by Crippen LogP contribution is 2.37. The van der Waals surface area contributed by atoms with E-state index in [2.05, 4.69) is 4.98 Å². The van der Waals surface area contributed by atoms with Crippen LogP contribution in [0.15, 0.2) is 52.2 Å². The van der Waals surface area contributed by atoms with E-state index < -0.39 is 48.7 Å². The minimum Gasteiger partial charge on any atom is -0.444 e. The van der Waals surface area contributed by atoms with E-state index in [0.717, 1.165) is 16.2 Å². The number of aromatic nitrogens is 2. The van der Waals surface area contributed by atoms with Crippen LogP contribution in [0.4, 0.5) is 9.18 Å². The molecule has 9 heteroatoms. The lowest BCUT2D eigenvalue weighted by atomic mass is 10.1. The average Bonchev–Trinajstić information content (AvgIpc) is 3.05. The number of nitrogens with zero attached hydrogens (tertiary/aromatic N) is 2. The van der Waals surface area contributed by atoms with Crippen molar-refractivity contribution in [2.75, 3.05) is 13.3 Å². The molecular weight excluding hydrogens is 357 g/mol. The molecule has 0 aliphatic carbocycles. The molecule has 3 atom stereocenters. The number of carbonyl (C=O) groups is 1. The van der Waals surface area contributed by atoms with Crippen LogP contribution in [0, 0.1) is 5.92 Å². The Morgan fingerprint density at radius 2 is 2.00 bits per heavy atom. The van der Waals surface area contributed by atoms with Crippen molar-refractivity contribution in [2.24, 2.45) is 5.92 Å². The standard InChI is InChI=1S/C18H20FN3O5/c19-9-13-8-14(10-23)22(16(13)21-7-6-15(24)20-17(21)25)18(26)27-11-12-4-2-1-3-5-12/h1-7,13-14,16,23H,8-11H2,(H,20,24,25)/t13-,14+,16+/m1/s1. The number of aliphatic hydroxyl groups excluding tert-OH is 1. The Balaban J connectivity index is 1.89. The second-order valence-electron chi connectivity index (χ2n) is 6.36. The normalized spacial score (nSPS) is 22.0. The van der Waals surface area contributed by atoms with E-state index in [1.165, 1.54) is 11.1 Å². The number of rotatable bonds is 5. The zero-order chi connectivity index (χ0) is 19.4. The minimum absolute atomic E-state index is 0.00184. The predicted octanol–water partition coefficient (Wildman–Crippen LogP) is 1.02. The number of alkyl halides is 1. The number of H-pyrrole nitrogens is 1. The van der Waals surface area contributed by atoms with Gasteiger partial charge in [0.2, 0.25) is 0 Å². The van der Waals surface area contributed by atoms with E-state index in [4.69, 9.17) is 4.74 Å². The summed E-state index contributed by atoms with van der Waals surface area (Å²) < 4.78 is 20.0. The zero-order valence-corrected chi connectivity index (χ0v) is 14.5. The molecule has 1 aliphatic rings. The first-order valence-electron chi connectivity index (χ1n) is 8.52. The van der Waals surface area contributed by atoms with Crippen molar-refractivity contribution in [1.29, 1.82) is 0 Å². The third-order valence-electron chi connectivity index (χ3n) is 4.64. The summed E-state index contributed by atoms with van der Waals surface area (Å²) in [6.45, 7) is -1.19. The number of aliphatic hydroxyl groups is 1. The smallest absolute Gasteiger partial charge is 0.412 e. The molecule has 1 amide bonds. The van der Waals surface area contributed by atoms with Gasteiger partial charge >= 0.3 is 11.8 Å². The van der Waals surface area contributed by atoms with Gasteiger partial charge in [0.05, 0.1) is 19.3 Å². The molecule has 2 N–H and O–H groups in total. The minimum atomic E-state index is -1.00. The first-order valence-corrected chi connectivity index (χ1v) is 8.52. The predicted molar refractivity (Wildman–Crippen MR) is 93.8 cm³/mol. The summed E-state index contributed by atoms with van der Waals surface area (Å²) in [4.78, 5) is 39.5. The number of likely N-dealkylation sites (tertiary alicyclic amines) is 1. The highest BCUT2D eigenvalue weighted by molar-refractivity contribution is 5.69. The van der Waals surface area contributed by atoms with Crippen molar-refractivity contribution < 1.29 is 19.0 Å². The molecule has 1 fully saturated rings. The van der Waals surface area contributed by atoms with Crippen molar-refractivity contribution in [3.8, 4) is 0 Å². The molecule has 2 heterocycles. The van der Waals surface area contributed by atoms with Gasteiger partial charge in [0.15, 0.2) is 0 Å². The molecule has 1 saturated heterocycles. The Labute approximate surface area is 153 Å². The van der Waals surface area contributed by atoms with E-state index in [9.17, 15) is 23.9 Å². The number of amides is 1. The Bertz CT molecular complexity index is 898. The van der Waals surface area contributed by atoms with Gasteiger partial charge in [-0.1, -0.05) is 30.3 Å². The van der Waals surface area contributed by atoms with Crippen LogP contribution in [0.1, 0.15) is 18.2 Å². The van der Waals surface area contributed by atoms with Crippen LogP contribution in [-0.2, 0) is 11.3 Å². The number of carbonyl (C=O) groups excluding carboxylic acids is 1. The lowest BCUT2D eigenvalue weighted by Gasteiger charge is -2.30. The van der Waals surface area contributed by atoms with E-state index >= 15 is 0 Å². The number of aromatic amines is 1. The zero-order valence-electron chi connectivity index (χ0n) is 14.5. The van der Waals surface area contributed by atoms with Crippen LogP contribution < -0.4 is 11.2 Å². The Kier molecular flexibility index (Phi) is 5.70. The fraction of sp³-hybridized carbons (Fsp3) is 0.389. The van der Waals surface area contributed by atoms with Gasteiger partial charge in [0, 0.05) is 18.2 Å². The van der Waals surface area contributed by atoms with Crippen molar-refractivity contribution in [3.05, 3.63) is 69.0 Å². The molecule has 1 aliphatic heterocycles. The molecule has 0 bridgehead atoms. The maximum Gasteiger partial charge on any atom is 0.412 e. The van der Waals surface area contributed by atoms with E-state index in [-0.39, 0.29) is 13.0 Å². The number of ether oxygens (including phenoxy) is 1. The molecule has 2 aromatic rings. The van der Waals surface area contributed by atoms with Crippen molar-refractivity contribution >= 4 is 6.09 Å². The molecule has 1 aromatic carbocycles. The van der Waals surface area contributed by atoms with Crippen LogP contribution in [0.3, 0.4) is 0 Å². The quantitative estimate of drug-likeness (QED) is 0.810. The maximum atomic E-state index is 13.6. The molecule has 0 spiro atoms. The van der Waals surface area contributed by atoms with Crippen LogP contribution in [0.5, 0.6) is 0 Å². The summed E-state index contributed by atoms with van der Waals surface area (Å²) in [5.74, 6) is -0.713. The van der Waals surface area contributed by atoms with Gasteiger partial charge in [-0.15, -0.1) is 0 Å². The second-order valence-corrected chi connectivity index (χ2v) is 6.36. The summed E-state index contributed by atoms with van der Waals surface area (Å²) in [5, 5.41) is 9.64. The Morgan fingerprint density at radius 3 is 2.63 bits per heavy atom. The lowest BCUT2D eigenvalue weighted by molar-refractivity contribution is 0.0440. The maximum absolute atomic E-state index is 13.6. The monoisotopic (exact) mass is 377 g/mol. The molecule has 3 rings (SSSR count). The van der Waals surface area contributed by atoms with Crippen molar-refractivity contribution in [1.82, 2.24) is 14.5 Å². The first-order chi connectivity index (χ1) is 13.0. The van der Waals surface area contributed by atoms with Crippen LogP contribution in [-0.4, -0.2) is 45.0 Å². The number of halogens is 1. The fourth-order valence-corrected chi connectivity index (χ4v) is 3.38. The Hall–Kier alpha value is -2.94. The Morgan fingerprint density at radius 1 is 1.26 bits per heavy atom. The molecule has 0 radical (unpaired) electrons. The summed E-state index contributed by atoms with van der Waals surface area (Å²) >= 11 is 0. The topological polar surface area (TPSA) is 105 Å². The molecule has 1 aromatic heterocycles. The summed E-state index contributed by atoms with van der Waals surface area (Å²) in [5.41, 5.74) is -0.584. The first kappa shape index (κ1) is 18.8. The molecule has 27 heavy (non-hydrogen) atoms. The number of hydrogen-bond donors (Lipinski definition) is 2. The molecule has 144 valence electrons. The summed E-state index contributed by atoms with van der Waals surface area (Å²) in [7, 11) is 0. The summed E-state index contributed by atoms with van der Waals surface area (Å²) in [6, 6.07) is 9.44. The van der Waals surface area contributed by atoms with Crippen LogP contribution in [0.2, 0.25) is 0 Å². The highest BCUT2D eigenvalue weighted by Gasteiger charge is 2.46. The van der Waals surface area contributed by atoms with Gasteiger partial charge < -0.3 is 9.84 Å². The lowest BCUT2D eigenvalue weighted by Crippen LogP contribution is -2.46. The van der Waals surface area contributed by atoms with Crippen LogP contribution in [0.25, 0.3) is 0 Å².